The van der Waals surface area contributed by atoms with Gasteiger partial charge in [-0.3, -0.25) is 9.59 Å². The first-order valence-electron chi connectivity index (χ1n) is 11.9. The fourth-order valence-corrected chi connectivity index (χ4v) is 5.44. The molecule has 0 radical (unpaired) electrons. The molecule has 1 fully saturated rings. The SMILES string of the molecule is CC(=O)Nc1ccc(S(=O)(=O)NCC2CCC(C(=O)N[C@@H](C)CCc3ccccc3)CC2)cc1. The third kappa shape index (κ3) is 7.95. The zero-order chi connectivity index (χ0) is 24.6. The molecule has 1 aliphatic rings. The first kappa shape index (κ1) is 25.9. The van der Waals surface area contributed by atoms with E-state index in [1.807, 2.05) is 25.1 Å². The predicted molar refractivity (Wildman–Crippen MR) is 134 cm³/mol. The lowest BCUT2D eigenvalue weighted by Gasteiger charge is -2.29. The molecule has 1 aliphatic carbocycles. The number of aryl methyl sites for hydroxylation is 1. The van der Waals surface area contributed by atoms with E-state index in [1.165, 1.54) is 24.6 Å². The number of nitrogens with one attached hydrogen (secondary N) is 3. The van der Waals surface area contributed by atoms with Crippen LogP contribution in [-0.4, -0.2) is 32.8 Å². The number of amides is 2. The van der Waals surface area contributed by atoms with Crippen LogP contribution in [0.25, 0.3) is 0 Å². The average molecular weight is 486 g/mol. The number of benzene rings is 2. The molecule has 0 aromatic heterocycles. The number of hydrogen-bond acceptors (Lipinski definition) is 4. The smallest absolute Gasteiger partial charge is 0.240 e. The summed E-state index contributed by atoms with van der Waals surface area (Å²) in [5.74, 6) is 0.111. The molecule has 7 nitrogen and oxygen atoms in total. The molecular weight excluding hydrogens is 450 g/mol. The molecule has 0 heterocycles. The molecule has 1 saturated carbocycles. The van der Waals surface area contributed by atoms with Gasteiger partial charge in [-0.05, 0) is 81.2 Å². The lowest BCUT2D eigenvalue weighted by molar-refractivity contribution is -0.126. The molecule has 0 saturated heterocycles. The Morgan fingerprint density at radius 2 is 1.62 bits per heavy atom. The van der Waals surface area contributed by atoms with E-state index in [9.17, 15) is 18.0 Å². The summed E-state index contributed by atoms with van der Waals surface area (Å²) in [7, 11) is -3.62. The van der Waals surface area contributed by atoms with Crippen LogP contribution in [0.1, 0.15) is 51.5 Å². The van der Waals surface area contributed by atoms with Crippen LogP contribution in [-0.2, 0) is 26.0 Å². The normalized spacial score (nSPS) is 19.2. The summed E-state index contributed by atoms with van der Waals surface area (Å²) in [6.07, 6.45) is 5.02. The lowest BCUT2D eigenvalue weighted by Crippen LogP contribution is -2.40. The van der Waals surface area contributed by atoms with Gasteiger partial charge in [-0.1, -0.05) is 30.3 Å². The van der Waals surface area contributed by atoms with Gasteiger partial charge in [-0.25, -0.2) is 13.1 Å². The van der Waals surface area contributed by atoms with E-state index in [0.29, 0.717) is 12.2 Å². The summed E-state index contributed by atoms with van der Waals surface area (Å²) in [4.78, 5) is 23.9. The highest BCUT2D eigenvalue weighted by Gasteiger charge is 2.28. The number of anilines is 1. The summed E-state index contributed by atoms with van der Waals surface area (Å²) < 4.78 is 27.9. The number of sulfonamides is 1. The molecule has 2 aromatic carbocycles. The Kier molecular flexibility index (Phi) is 9.24. The first-order valence-corrected chi connectivity index (χ1v) is 13.4. The van der Waals surface area contributed by atoms with Crippen molar-refractivity contribution in [1.82, 2.24) is 10.0 Å². The van der Waals surface area contributed by atoms with E-state index in [0.717, 1.165) is 38.5 Å². The van der Waals surface area contributed by atoms with Crippen molar-refractivity contribution in [1.29, 1.82) is 0 Å². The Bertz CT molecular complexity index is 1050. The Balaban J connectivity index is 1.39. The van der Waals surface area contributed by atoms with Crippen LogP contribution >= 0.6 is 0 Å². The molecule has 3 N–H and O–H groups in total. The molecule has 8 heteroatoms. The molecule has 184 valence electrons. The van der Waals surface area contributed by atoms with Gasteiger partial charge in [-0.2, -0.15) is 0 Å². The largest absolute Gasteiger partial charge is 0.353 e. The van der Waals surface area contributed by atoms with E-state index in [4.69, 9.17) is 0 Å². The quantitative estimate of drug-likeness (QED) is 0.475. The fourth-order valence-electron chi connectivity index (χ4n) is 4.32. The zero-order valence-electron chi connectivity index (χ0n) is 19.9. The van der Waals surface area contributed by atoms with E-state index in [2.05, 4.69) is 27.5 Å². The fraction of sp³-hybridized carbons (Fsp3) is 0.462. The number of carbonyl (C=O) groups excluding carboxylic acids is 2. The molecule has 3 rings (SSSR count). The lowest BCUT2D eigenvalue weighted by atomic mass is 9.81. The van der Waals surface area contributed by atoms with E-state index < -0.39 is 10.0 Å². The molecular formula is C26H35N3O4S. The minimum absolute atomic E-state index is 0.00615. The van der Waals surface area contributed by atoms with E-state index in [1.54, 1.807) is 12.1 Å². The van der Waals surface area contributed by atoms with Gasteiger partial charge in [0.1, 0.15) is 0 Å². The summed E-state index contributed by atoms with van der Waals surface area (Å²) in [5.41, 5.74) is 1.83. The Hall–Kier alpha value is -2.71. The minimum atomic E-state index is -3.62. The summed E-state index contributed by atoms with van der Waals surface area (Å²) in [5, 5.41) is 5.77. The highest BCUT2D eigenvalue weighted by molar-refractivity contribution is 7.89. The molecule has 0 unspecified atom stereocenters. The van der Waals surface area contributed by atoms with Crippen molar-refractivity contribution < 1.29 is 18.0 Å². The highest BCUT2D eigenvalue weighted by atomic mass is 32.2. The second-order valence-corrected chi connectivity index (χ2v) is 11.0. The van der Waals surface area contributed by atoms with Crippen LogP contribution in [0.5, 0.6) is 0 Å². The maximum absolute atomic E-state index is 12.7. The van der Waals surface area contributed by atoms with Gasteiger partial charge in [0.2, 0.25) is 21.8 Å². The van der Waals surface area contributed by atoms with Crippen molar-refractivity contribution >= 4 is 27.5 Å². The van der Waals surface area contributed by atoms with Gasteiger partial charge in [0.15, 0.2) is 0 Å². The van der Waals surface area contributed by atoms with Crippen molar-refractivity contribution in [3.8, 4) is 0 Å². The second kappa shape index (κ2) is 12.1. The third-order valence-corrected chi connectivity index (χ3v) is 7.80. The van der Waals surface area contributed by atoms with Crippen LogP contribution < -0.4 is 15.4 Å². The molecule has 1 atom stereocenters. The number of hydrogen-bond donors (Lipinski definition) is 3. The van der Waals surface area contributed by atoms with Crippen LogP contribution in [0.15, 0.2) is 59.5 Å². The summed E-state index contributed by atoms with van der Waals surface area (Å²) in [6, 6.07) is 16.5. The predicted octanol–water partition coefficient (Wildman–Crippen LogP) is 3.87. The maximum atomic E-state index is 12.7. The molecule has 0 spiro atoms. The van der Waals surface area contributed by atoms with E-state index in [-0.39, 0.29) is 34.6 Å². The third-order valence-electron chi connectivity index (χ3n) is 6.36. The Labute approximate surface area is 202 Å². The van der Waals surface area contributed by atoms with Gasteiger partial charge >= 0.3 is 0 Å². The van der Waals surface area contributed by atoms with Gasteiger partial charge in [0.25, 0.3) is 0 Å². The first-order chi connectivity index (χ1) is 16.2. The Morgan fingerprint density at radius 1 is 0.971 bits per heavy atom. The van der Waals surface area contributed by atoms with Gasteiger partial charge < -0.3 is 10.6 Å². The maximum Gasteiger partial charge on any atom is 0.240 e. The van der Waals surface area contributed by atoms with Crippen molar-refractivity contribution in [2.75, 3.05) is 11.9 Å². The summed E-state index contributed by atoms with van der Waals surface area (Å²) >= 11 is 0. The number of carbonyl (C=O) groups is 2. The average Bonchev–Trinajstić information content (AvgIpc) is 2.82. The zero-order valence-corrected chi connectivity index (χ0v) is 20.7. The molecule has 2 aromatic rings. The van der Waals surface area contributed by atoms with Crippen molar-refractivity contribution in [3.05, 3.63) is 60.2 Å². The van der Waals surface area contributed by atoms with Crippen LogP contribution in [0.4, 0.5) is 5.69 Å². The van der Waals surface area contributed by atoms with Crippen LogP contribution in [0.2, 0.25) is 0 Å². The number of rotatable bonds is 10. The van der Waals surface area contributed by atoms with Gasteiger partial charge in [0.05, 0.1) is 4.90 Å². The monoisotopic (exact) mass is 485 g/mol. The van der Waals surface area contributed by atoms with Gasteiger partial charge in [0, 0.05) is 31.1 Å². The van der Waals surface area contributed by atoms with Crippen molar-refractivity contribution in [2.45, 2.75) is 63.3 Å². The van der Waals surface area contributed by atoms with E-state index >= 15 is 0 Å². The standard InChI is InChI=1S/C26H35N3O4S/c1-19(8-9-21-6-4-3-5-7-21)28-26(31)23-12-10-22(11-13-23)18-27-34(32,33)25-16-14-24(15-17-25)29-20(2)30/h3-7,14-17,19,22-23,27H,8-13,18H2,1-2H3,(H,28,31)(H,29,30)/t19-,22?,23?/m0/s1. The van der Waals surface area contributed by atoms with Crippen molar-refractivity contribution in [3.63, 3.8) is 0 Å². The molecule has 0 bridgehead atoms. The Morgan fingerprint density at radius 3 is 2.24 bits per heavy atom. The second-order valence-electron chi connectivity index (χ2n) is 9.21. The minimum Gasteiger partial charge on any atom is -0.353 e. The van der Waals surface area contributed by atoms with Gasteiger partial charge in [-0.15, -0.1) is 0 Å². The van der Waals surface area contributed by atoms with Crippen LogP contribution in [0, 0.1) is 11.8 Å². The highest BCUT2D eigenvalue weighted by Crippen LogP contribution is 2.29. The molecule has 34 heavy (non-hydrogen) atoms. The topological polar surface area (TPSA) is 104 Å². The molecule has 2 amide bonds. The summed E-state index contributed by atoms with van der Waals surface area (Å²) in [6.45, 7) is 3.80. The van der Waals surface area contributed by atoms with Crippen LogP contribution in [0.3, 0.4) is 0 Å². The molecule has 0 aliphatic heterocycles. The van der Waals surface area contributed by atoms with Crippen molar-refractivity contribution in [2.24, 2.45) is 11.8 Å².